The molecule has 0 N–H and O–H groups in total. The molecule has 5 heteroatoms. The Balaban J connectivity index is 1.87. The fourth-order valence-electron chi connectivity index (χ4n) is 3.27. The van der Waals surface area contributed by atoms with Crippen molar-refractivity contribution in [2.24, 2.45) is 5.92 Å². The molecule has 0 aromatic heterocycles. The average Bonchev–Trinajstić information content (AvgIpc) is 2.60. The summed E-state index contributed by atoms with van der Waals surface area (Å²) in [5, 5.41) is 0. The first-order chi connectivity index (χ1) is 10.7. The van der Waals surface area contributed by atoms with Gasteiger partial charge in [-0.05, 0) is 25.0 Å². The molecular weight excluding hydrogens is 282 g/mol. The summed E-state index contributed by atoms with van der Waals surface area (Å²) in [6.45, 7) is 0.221. The minimum Gasteiger partial charge on any atom is -0.475 e. The number of fused-ring (bicyclic) bond motifs is 1. The van der Waals surface area contributed by atoms with Crippen LogP contribution in [0.4, 0.5) is 5.69 Å². The molecule has 0 bridgehead atoms. The summed E-state index contributed by atoms with van der Waals surface area (Å²) in [4.78, 5) is 26.4. The fourth-order valence-corrected chi connectivity index (χ4v) is 3.27. The number of nitrogens with zero attached hydrogens (tertiary/aromatic N) is 1. The molecule has 0 spiro atoms. The zero-order valence-electron chi connectivity index (χ0n) is 12.8. The van der Waals surface area contributed by atoms with E-state index in [1.165, 1.54) is 13.5 Å². The van der Waals surface area contributed by atoms with Crippen molar-refractivity contribution in [1.29, 1.82) is 0 Å². The first kappa shape index (κ1) is 14.9. The van der Waals surface area contributed by atoms with Crippen LogP contribution in [-0.4, -0.2) is 31.6 Å². The van der Waals surface area contributed by atoms with E-state index in [1.807, 2.05) is 18.2 Å². The summed E-state index contributed by atoms with van der Waals surface area (Å²) in [5.41, 5.74) is 0.748. The lowest BCUT2D eigenvalue weighted by molar-refractivity contribution is -0.148. The van der Waals surface area contributed by atoms with E-state index < -0.39 is 12.1 Å². The standard InChI is InChI=1S/C17H21NO4/c1-21-17(20)15-11-18(13-9-5-6-10-14(13)22-15)16(19)12-7-3-2-4-8-12/h5-6,9-10,12,15H,2-4,7-8,11H2,1H3/t15-/m0/s1. The van der Waals surface area contributed by atoms with Gasteiger partial charge in [0.2, 0.25) is 12.0 Å². The number of rotatable bonds is 2. The highest BCUT2D eigenvalue weighted by Crippen LogP contribution is 2.36. The smallest absolute Gasteiger partial charge is 0.348 e. The maximum Gasteiger partial charge on any atom is 0.348 e. The van der Waals surface area contributed by atoms with Gasteiger partial charge in [-0.3, -0.25) is 4.79 Å². The van der Waals surface area contributed by atoms with Crippen LogP contribution < -0.4 is 9.64 Å². The molecular formula is C17H21NO4. The Morgan fingerprint density at radius 1 is 1.18 bits per heavy atom. The van der Waals surface area contributed by atoms with Gasteiger partial charge < -0.3 is 14.4 Å². The number of carbonyl (C=O) groups excluding carboxylic acids is 2. The second-order valence-electron chi connectivity index (χ2n) is 5.88. The van der Waals surface area contributed by atoms with Crippen LogP contribution in [0.2, 0.25) is 0 Å². The number of benzene rings is 1. The second kappa shape index (κ2) is 6.38. The van der Waals surface area contributed by atoms with Crippen LogP contribution in [0.15, 0.2) is 24.3 Å². The lowest BCUT2D eigenvalue weighted by Gasteiger charge is -2.36. The van der Waals surface area contributed by atoms with Crippen LogP contribution >= 0.6 is 0 Å². The van der Waals surface area contributed by atoms with E-state index in [4.69, 9.17) is 9.47 Å². The number of methoxy groups -OCH3 is 1. The van der Waals surface area contributed by atoms with Crippen molar-refractivity contribution in [2.45, 2.75) is 38.2 Å². The van der Waals surface area contributed by atoms with Gasteiger partial charge in [0.1, 0.15) is 5.75 Å². The number of para-hydroxylation sites is 2. The van der Waals surface area contributed by atoms with Gasteiger partial charge in [-0.2, -0.15) is 0 Å². The third-order valence-electron chi connectivity index (χ3n) is 4.46. The minimum absolute atomic E-state index is 0.0539. The molecule has 0 radical (unpaired) electrons. The van der Waals surface area contributed by atoms with Crippen LogP contribution in [0.25, 0.3) is 0 Å². The monoisotopic (exact) mass is 303 g/mol. The lowest BCUT2D eigenvalue weighted by Crippen LogP contribution is -2.49. The molecule has 1 atom stereocenters. The Kier molecular flexibility index (Phi) is 4.32. The Morgan fingerprint density at radius 2 is 1.91 bits per heavy atom. The predicted octanol–water partition coefficient (Wildman–Crippen LogP) is 2.53. The molecule has 118 valence electrons. The van der Waals surface area contributed by atoms with E-state index in [-0.39, 0.29) is 18.4 Å². The van der Waals surface area contributed by atoms with E-state index in [9.17, 15) is 9.59 Å². The van der Waals surface area contributed by atoms with E-state index in [0.29, 0.717) is 5.75 Å². The molecule has 1 heterocycles. The largest absolute Gasteiger partial charge is 0.475 e. The number of hydrogen-bond acceptors (Lipinski definition) is 4. The summed E-state index contributed by atoms with van der Waals surface area (Å²) in [7, 11) is 1.33. The quantitative estimate of drug-likeness (QED) is 0.788. The molecule has 0 saturated heterocycles. The van der Waals surface area contributed by atoms with Crippen molar-refractivity contribution in [1.82, 2.24) is 0 Å². The van der Waals surface area contributed by atoms with Gasteiger partial charge in [-0.1, -0.05) is 31.4 Å². The second-order valence-corrected chi connectivity index (χ2v) is 5.88. The Hall–Kier alpha value is -2.04. The van der Waals surface area contributed by atoms with Crippen LogP contribution in [0, 0.1) is 5.92 Å². The molecule has 1 aliphatic carbocycles. The van der Waals surface area contributed by atoms with Crippen LogP contribution in [0.5, 0.6) is 5.75 Å². The molecule has 3 rings (SSSR count). The molecule has 5 nitrogen and oxygen atoms in total. The van der Waals surface area contributed by atoms with E-state index in [1.54, 1.807) is 11.0 Å². The highest BCUT2D eigenvalue weighted by molar-refractivity contribution is 5.98. The van der Waals surface area contributed by atoms with Crippen molar-refractivity contribution in [3.8, 4) is 5.75 Å². The predicted molar refractivity (Wildman–Crippen MR) is 81.8 cm³/mol. The van der Waals surface area contributed by atoms with Gasteiger partial charge in [0, 0.05) is 5.92 Å². The zero-order chi connectivity index (χ0) is 15.5. The summed E-state index contributed by atoms with van der Waals surface area (Å²) in [6.07, 6.45) is 4.51. The Bertz CT molecular complexity index is 566. The Labute approximate surface area is 130 Å². The molecule has 1 amide bonds. The van der Waals surface area contributed by atoms with Gasteiger partial charge in [0.15, 0.2) is 0 Å². The molecule has 2 aliphatic rings. The summed E-state index contributed by atoms with van der Waals surface area (Å²) >= 11 is 0. The van der Waals surface area contributed by atoms with Gasteiger partial charge in [-0.15, -0.1) is 0 Å². The topological polar surface area (TPSA) is 55.8 Å². The number of ether oxygens (including phenoxy) is 2. The van der Waals surface area contributed by atoms with E-state index >= 15 is 0 Å². The molecule has 0 unspecified atom stereocenters. The molecule has 22 heavy (non-hydrogen) atoms. The summed E-state index contributed by atoms with van der Waals surface area (Å²) < 4.78 is 10.5. The maximum absolute atomic E-state index is 12.9. The highest BCUT2D eigenvalue weighted by Gasteiger charge is 2.36. The lowest BCUT2D eigenvalue weighted by atomic mass is 9.88. The molecule has 1 saturated carbocycles. The number of amides is 1. The summed E-state index contributed by atoms with van der Waals surface area (Å²) in [6, 6.07) is 7.36. The van der Waals surface area contributed by atoms with Crippen LogP contribution in [-0.2, 0) is 14.3 Å². The Morgan fingerprint density at radius 3 is 2.64 bits per heavy atom. The third kappa shape index (κ3) is 2.80. The van der Waals surface area contributed by atoms with Crippen LogP contribution in [0.3, 0.4) is 0 Å². The zero-order valence-corrected chi connectivity index (χ0v) is 12.8. The molecule has 1 aromatic carbocycles. The maximum atomic E-state index is 12.9. The molecule has 1 aliphatic heterocycles. The van der Waals surface area contributed by atoms with E-state index in [2.05, 4.69) is 0 Å². The third-order valence-corrected chi connectivity index (χ3v) is 4.46. The average molecular weight is 303 g/mol. The number of anilines is 1. The first-order valence-electron chi connectivity index (χ1n) is 7.85. The highest BCUT2D eigenvalue weighted by atomic mass is 16.6. The molecule has 1 fully saturated rings. The van der Waals surface area contributed by atoms with Gasteiger partial charge in [0.25, 0.3) is 0 Å². The number of esters is 1. The van der Waals surface area contributed by atoms with Crippen molar-refractivity contribution in [3.63, 3.8) is 0 Å². The van der Waals surface area contributed by atoms with Crippen molar-refractivity contribution >= 4 is 17.6 Å². The van der Waals surface area contributed by atoms with Gasteiger partial charge in [0.05, 0.1) is 19.3 Å². The van der Waals surface area contributed by atoms with Crippen molar-refractivity contribution < 1.29 is 19.1 Å². The normalized spacial score (nSPS) is 21.7. The number of hydrogen-bond donors (Lipinski definition) is 0. The van der Waals surface area contributed by atoms with Crippen LogP contribution in [0.1, 0.15) is 32.1 Å². The summed E-state index contributed by atoms with van der Waals surface area (Å²) in [5.74, 6) is 0.270. The minimum atomic E-state index is -0.757. The SMILES string of the molecule is COC(=O)[C@@H]1CN(C(=O)C2CCCCC2)c2ccccc2O1. The van der Waals surface area contributed by atoms with Crippen molar-refractivity contribution in [2.75, 3.05) is 18.6 Å². The van der Waals surface area contributed by atoms with Crippen molar-refractivity contribution in [3.05, 3.63) is 24.3 Å². The van der Waals surface area contributed by atoms with E-state index in [0.717, 1.165) is 31.4 Å². The fraction of sp³-hybridized carbons (Fsp3) is 0.529. The van der Waals surface area contributed by atoms with Gasteiger partial charge in [-0.25, -0.2) is 4.79 Å². The number of carbonyl (C=O) groups is 2. The first-order valence-corrected chi connectivity index (χ1v) is 7.85. The molecule has 1 aromatic rings. The van der Waals surface area contributed by atoms with Gasteiger partial charge >= 0.3 is 5.97 Å².